The number of benzene rings is 2. The molecular formula is C21H26N2O. The van der Waals surface area contributed by atoms with Gasteiger partial charge in [0, 0.05) is 6.04 Å². The van der Waals surface area contributed by atoms with E-state index in [4.69, 9.17) is 0 Å². The molecule has 3 heteroatoms. The Kier molecular flexibility index (Phi) is 5.52. The van der Waals surface area contributed by atoms with Crippen LogP contribution in [0.5, 0.6) is 0 Å². The molecule has 0 heterocycles. The molecule has 1 aliphatic carbocycles. The average Bonchev–Trinajstić information content (AvgIpc) is 2.63. The predicted molar refractivity (Wildman–Crippen MR) is 97.8 cm³/mol. The second-order valence-electron chi connectivity index (χ2n) is 6.74. The van der Waals surface area contributed by atoms with Crippen molar-refractivity contribution in [3.05, 3.63) is 71.8 Å². The molecule has 0 aromatic heterocycles. The number of rotatable bonds is 4. The van der Waals surface area contributed by atoms with Gasteiger partial charge in [0.2, 0.25) is 0 Å². The van der Waals surface area contributed by atoms with Crippen LogP contribution in [0.4, 0.5) is 4.79 Å². The zero-order valence-corrected chi connectivity index (χ0v) is 14.2. The first-order chi connectivity index (χ1) is 11.7. The van der Waals surface area contributed by atoms with Crippen molar-refractivity contribution in [2.24, 2.45) is 5.92 Å². The zero-order valence-electron chi connectivity index (χ0n) is 14.2. The highest BCUT2D eigenvalue weighted by molar-refractivity contribution is 5.75. The molecule has 3 nitrogen and oxygen atoms in total. The van der Waals surface area contributed by atoms with Gasteiger partial charge in [-0.05, 0) is 29.9 Å². The van der Waals surface area contributed by atoms with Crippen molar-refractivity contribution < 1.29 is 4.79 Å². The van der Waals surface area contributed by atoms with Crippen LogP contribution in [0.15, 0.2) is 60.7 Å². The highest BCUT2D eigenvalue weighted by atomic mass is 16.2. The first kappa shape index (κ1) is 16.6. The molecule has 1 aliphatic rings. The van der Waals surface area contributed by atoms with E-state index in [1.54, 1.807) is 0 Å². The number of hydrogen-bond acceptors (Lipinski definition) is 1. The molecule has 2 N–H and O–H groups in total. The summed E-state index contributed by atoms with van der Waals surface area (Å²) in [7, 11) is 0. The standard InChI is InChI=1S/C21H26N2O/c1-16-10-8-9-15-19(16)22-21(24)23-20(17-11-4-2-5-12-17)18-13-6-3-7-14-18/h2-7,11-14,16,19-20H,8-10,15H2,1H3,(H2,22,23,24). The third-order valence-electron chi connectivity index (χ3n) is 4.97. The summed E-state index contributed by atoms with van der Waals surface area (Å²) in [5, 5.41) is 6.36. The fraction of sp³-hybridized carbons (Fsp3) is 0.381. The Labute approximate surface area is 144 Å². The molecule has 0 radical (unpaired) electrons. The first-order valence-corrected chi connectivity index (χ1v) is 8.91. The van der Waals surface area contributed by atoms with Crippen molar-refractivity contribution in [3.8, 4) is 0 Å². The molecule has 2 aromatic rings. The summed E-state index contributed by atoms with van der Waals surface area (Å²) < 4.78 is 0. The fourth-order valence-electron chi connectivity index (χ4n) is 3.52. The van der Waals surface area contributed by atoms with Crippen molar-refractivity contribution in [1.82, 2.24) is 10.6 Å². The van der Waals surface area contributed by atoms with Crippen molar-refractivity contribution in [3.63, 3.8) is 0 Å². The molecule has 0 saturated heterocycles. The summed E-state index contributed by atoms with van der Waals surface area (Å²) in [6, 6.07) is 20.3. The van der Waals surface area contributed by atoms with E-state index in [0.29, 0.717) is 5.92 Å². The van der Waals surface area contributed by atoms with Crippen molar-refractivity contribution >= 4 is 6.03 Å². The third kappa shape index (κ3) is 4.16. The maximum absolute atomic E-state index is 12.6. The molecule has 2 unspecified atom stereocenters. The number of carbonyl (C=O) groups is 1. The maximum Gasteiger partial charge on any atom is 0.315 e. The van der Waals surface area contributed by atoms with E-state index < -0.39 is 0 Å². The van der Waals surface area contributed by atoms with E-state index in [-0.39, 0.29) is 18.1 Å². The molecule has 0 aliphatic heterocycles. The summed E-state index contributed by atoms with van der Waals surface area (Å²) in [6.07, 6.45) is 4.76. The monoisotopic (exact) mass is 322 g/mol. The van der Waals surface area contributed by atoms with E-state index in [0.717, 1.165) is 17.5 Å². The lowest BCUT2D eigenvalue weighted by atomic mass is 9.86. The fourth-order valence-corrected chi connectivity index (χ4v) is 3.52. The third-order valence-corrected chi connectivity index (χ3v) is 4.97. The molecule has 3 rings (SSSR count). The molecule has 126 valence electrons. The van der Waals surface area contributed by atoms with Gasteiger partial charge in [0.1, 0.15) is 0 Å². The van der Waals surface area contributed by atoms with E-state index in [9.17, 15) is 4.79 Å². The Balaban J connectivity index is 1.73. The van der Waals surface area contributed by atoms with Gasteiger partial charge in [-0.25, -0.2) is 4.79 Å². The van der Waals surface area contributed by atoms with Gasteiger partial charge in [0.15, 0.2) is 0 Å². The van der Waals surface area contributed by atoms with E-state index in [2.05, 4.69) is 41.8 Å². The SMILES string of the molecule is CC1CCCCC1NC(=O)NC(c1ccccc1)c1ccccc1. The number of hydrogen-bond donors (Lipinski definition) is 2. The Morgan fingerprint density at radius 1 is 0.917 bits per heavy atom. The van der Waals surface area contributed by atoms with Gasteiger partial charge in [-0.3, -0.25) is 0 Å². The quantitative estimate of drug-likeness (QED) is 0.845. The molecule has 2 atom stereocenters. The summed E-state index contributed by atoms with van der Waals surface area (Å²) >= 11 is 0. The Bertz CT molecular complexity index is 602. The minimum atomic E-state index is -0.133. The predicted octanol–water partition coefficient (Wildman–Crippen LogP) is 4.65. The van der Waals surface area contributed by atoms with Crippen molar-refractivity contribution in [2.45, 2.75) is 44.7 Å². The van der Waals surface area contributed by atoms with Crippen LogP contribution in [0, 0.1) is 5.92 Å². The summed E-state index contributed by atoms with van der Waals surface area (Å²) in [4.78, 5) is 12.6. The lowest BCUT2D eigenvalue weighted by Crippen LogP contribution is -2.47. The lowest BCUT2D eigenvalue weighted by Gasteiger charge is -2.30. The average molecular weight is 322 g/mol. The number of carbonyl (C=O) groups excluding carboxylic acids is 1. The Morgan fingerprint density at radius 2 is 1.46 bits per heavy atom. The summed E-state index contributed by atoms with van der Waals surface area (Å²) in [5.41, 5.74) is 2.19. The summed E-state index contributed by atoms with van der Waals surface area (Å²) in [6.45, 7) is 2.23. The van der Waals surface area contributed by atoms with Crippen LogP contribution in [0.2, 0.25) is 0 Å². The second kappa shape index (κ2) is 8.00. The number of urea groups is 1. The molecule has 24 heavy (non-hydrogen) atoms. The zero-order chi connectivity index (χ0) is 16.8. The summed E-state index contributed by atoms with van der Waals surface area (Å²) in [5.74, 6) is 0.552. The highest BCUT2D eigenvalue weighted by Crippen LogP contribution is 2.25. The van der Waals surface area contributed by atoms with Gasteiger partial charge in [-0.2, -0.15) is 0 Å². The second-order valence-corrected chi connectivity index (χ2v) is 6.74. The number of nitrogens with one attached hydrogen (secondary N) is 2. The van der Waals surface area contributed by atoms with Crippen LogP contribution >= 0.6 is 0 Å². The van der Waals surface area contributed by atoms with Gasteiger partial charge in [0.05, 0.1) is 6.04 Å². The van der Waals surface area contributed by atoms with Crippen LogP contribution < -0.4 is 10.6 Å². The lowest BCUT2D eigenvalue weighted by molar-refractivity contribution is 0.220. The largest absolute Gasteiger partial charge is 0.335 e. The van der Waals surface area contributed by atoms with Crippen LogP contribution in [-0.4, -0.2) is 12.1 Å². The molecular weight excluding hydrogens is 296 g/mol. The van der Waals surface area contributed by atoms with Crippen molar-refractivity contribution in [2.75, 3.05) is 0 Å². The van der Waals surface area contributed by atoms with E-state index >= 15 is 0 Å². The minimum Gasteiger partial charge on any atom is -0.335 e. The topological polar surface area (TPSA) is 41.1 Å². The van der Waals surface area contributed by atoms with Gasteiger partial charge < -0.3 is 10.6 Å². The van der Waals surface area contributed by atoms with Crippen LogP contribution in [0.1, 0.15) is 49.8 Å². The Morgan fingerprint density at radius 3 is 2.00 bits per heavy atom. The highest BCUT2D eigenvalue weighted by Gasteiger charge is 2.24. The molecule has 0 bridgehead atoms. The van der Waals surface area contributed by atoms with Crippen LogP contribution in [-0.2, 0) is 0 Å². The molecule has 2 aromatic carbocycles. The smallest absolute Gasteiger partial charge is 0.315 e. The first-order valence-electron chi connectivity index (χ1n) is 8.91. The molecule has 2 amide bonds. The maximum atomic E-state index is 12.6. The van der Waals surface area contributed by atoms with Crippen LogP contribution in [0.25, 0.3) is 0 Å². The molecule has 0 spiro atoms. The Hall–Kier alpha value is -2.29. The normalized spacial score (nSPS) is 20.6. The van der Waals surface area contributed by atoms with E-state index in [1.807, 2.05) is 36.4 Å². The van der Waals surface area contributed by atoms with Gasteiger partial charge in [0.25, 0.3) is 0 Å². The number of amides is 2. The van der Waals surface area contributed by atoms with E-state index in [1.165, 1.54) is 19.3 Å². The van der Waals surface area contributed by atoms with Gasteiger partial charge >= 0.3 is 6.03 Å². The molecule has 1 saturated carbocycles. The van der Waals surface area contributed by atoms with Gasteiger partial charge in [-0.1, -0.05) is 80.4 Å². The van der Waals surface area contributed by atoms with Crippen LogP contribution in [0.3, 0.4) is 0 Å². The molecule has 1 fully saturated rings. The van der Waals surface area contributed by atoms with Crippen molar-refractivity contribution in [1.29, 1.82) is 0 Å². The minimum absolute atomic E-state index is 0.0774. The van der Waals surface area contributed by atoms with Gasteiger partial charge in [-0.15, -0.1) is 0 Å².